The molecule has 2 aromatic carbocycles. The zero-order chi connectivity index (χ0) is 21.9. The van der Waals surface area contributed by atoms with Gasteiger partial charge in [-0.3, -0.25) is 10.2 Å². The number of fused-ring (bicyclic) bond motifs is 7. The standard InChI is InChI=1S/C25H29N5O/c1-3-12-10-20-18(11-16(12)25(31)29-2)21-13-4-5-14(8-13)22(21)23(30-20)15-6-7-19(26)17(9-15)24(27)28/h3,6-7,9-11,13-14,21-23,30H,1,4-5,8,26H2,2H3,(H3,27,28)(H,29,31). The van der Waals surface area contributed by atoms with Gasteiger partial charge in [-0.25, -0.2) is 0 Å². The summed E-state index contributed by atoms with van der Waals surface area (Å²) in [6.07, 6.45) is 5.48. The zero-order valence-electron chi connectivity index (χ0n) is 17.7. The van der Waals surface area contributed by atoms with Crippen LogP contribution in [-0.2, 0) is 0 Å². The second-order valence-corrected chi connectivity index (χ2v) is 9.13. The van der Waals surface area contributed by atoms with Crippen molar-refractivity contribution in [3.63, 3.8) is 0 Å². The van der Waals surface area contributed by atoms with Crippen LogP contribution in [0.15, 0.2) is 36.9 Å². The molecular formula is C25H29N5O. The molecule has 6 heteroatoms. The van der Waals surface area contributed by atoms with Crippen LogP contribution in [-0.4, -0.2) is 18.8 Å². The fraction of sp³-hybridized carbons (Fsp3) is 0.360. The molecule has 1 aliphatic heterocycles. The first-order chi connectivity index (χ1) is 14.9. The van der Waals surface area contributed by atoms with Gasteiger partial charge in [0.2, 0.25) is 0 Å². The summed E-state index contributed by atoms with van der Waals surface area (Å²) in [4.78, 5) is 12.5. The Morgan fingerprint density at radius 1 is 1.23 bits per heavy atom. The first-order valence-electron chi connectivity index (χ1n) is 11.0. The molecule has 2 saturated carbocycles. The molecule has 5 atom stereocenters. The average Bonchev–Trinajstić information content (AvgIpc) is 3.40. The predicted molar refractivity (Wildman–Crippen MR) is 125 cm³/mol. The Bertz CT molecular complexity index is 1110. The van der Waals surface area contributed by atoms with Crippen LogP contribution in [0.3, 0.4) is 0 Å². The monoisotopic (exact) mass is 415 g/mol. The minimum absolute atomic E-state index is 0.00999. The van der Waals surface area contributed by atoms with Gasteiger partial charge in [-0.15, -0.1) is 0 Å². The molecule has 5 unspecified atom stereocenters. The molecule has 1 amide bonds. The molecule has 160 valence electrons. The molecule has 7 N–H and O–H groups in total. The molecule has 0 aromatic heterocycles. The van der Waals surface area contributed by atoms with Gasteiger partial charge in [0.25, 0.3) is 5.91 Å². The number of nitrogen functional groups attached to an aromatic ring is 2. The third kappa shape index (κ3) is 2.92. The van der Waals surface area contributed by atoms with Crippen molar-refractivity contribution in [3.05, 3.63) is 64.7 Å². The Kier molecular flexibility index (Phi) is 4.54. The van der Waals surface area contributed by atoms with E-state index < -0.39 is 0 Å². The van der Waals surface area contributed by atoms with Crippen molar-refractivity contribution < 1.29 is 4.79 Å². The van der Waals surface area contributed by atoms with E-state index in [-0.39, 0.29) is 17.8 Å². The molecule has 31 heavy (non-hydrogen) atoms. The second-order valence-electron chi connectivity index (χ2n) is 9.13. The number of nitrogens with two attached hydrogens (primary N) is 2. The first kappa shape index (κ1) is 19.7. The van der Waals surface area contributed by atoms with Crippen molar-refractivity contribution in [1.29, 1.82) is 5.41 Å². The highest BCUT2D eigenvalue weighted by Gasteiger charge is 2.54. The van der Waals surface area contributed by atoms with Crippen molar-refractivity contribution in [2.45, 2.75) is 31.2 Å². The summed E-state index contributed by atoms with van der Waals surface area (Å²) in [6, 6.07) is 10.1. The molecule has 6 nitrogen and oxygen atoms in total. The number of benzene rings is 2. The Balaban J connectivity index is 1.65. The molecule has 1 heterocycles. The summed E-state index contributed by atoms with van der Waals surface area (Å²) in [5.41, 5.74) is 17.9. The van der Waals surface area contributed by atoms with Crippen molar-refractivity contribution in [2.24, 2.45) is 23.5 Å². The fourth-order valence-electron chi connectivity index (χ4n) is 6.38. The molecule has 2 aliphatic carbocycles. The molecule has 0 radical (unpaired) electrons. The number of carbonyl (C=O) groups excluding carboxylic acids is 1. The normalized spacial score (nSPS) is 27.7. The predicted octanol–water partition coefficient (Wildman–Crippen LogP) is 3.85. The number of amidine groups is 1. The molecule has 2 aromatic rings. The zero-order valence-corrected chi connectivity index (χ0v) is 17.7. The van der Waals surface area contributed by atoms with E-state index in [0.717, 1.165) is 16.8 Å². The highest BCUT2D eigenvalue weighted by Crippen LogP contribution is 2.64. The number of anilines is 2. The van der Waals surface area contributed by atoms with Crippen LogP contribution in [0.1, 0.15) is 63.8 Å². The maximum absolute atomic E-state index is 12.5. The molecule has 0 saturated heterocycles. The van der Waals surface area contributed by atoms with Gasteiger partial charge < -0.3 is 22.1 Å². The van der Waals surface area contributed by atoms with Gasteiger partial charge >= 0.3 is 0 Å². The van der Waals surface area contributed by atoms with Crippen molar-refractivity contribution in [3.8, 4) is 0 Å². The number of amides is 1. The minimum Gasteiger partial charge on any atom is -0.398 e. The summed E-state index contributed by atoms with van der Waals surface area (Å²) in [7, 11) is 1.66. The topological polar surface area (TPSA) is 117 Å². The van der Waals surface area contributed by atoms with Crippen molar-refractivity contribution in [2.75, 3.05) is 18.1 Å². The Hall–Kier alpha value is -3.28. The molecule has 2 fully saturated rings. The quantitative estimate of drug-likeness (QED) is 0.296. The van der Waals surface area contributed by atoms with E-state index in [1.54, 1.807) is 13.1 Å². The van der Waals surface area contributed by atoms with E-state index in [4.69, 9.17) is 16.9 Å². The fourth-order valence-corrected chi connectivity index (χ4v) is 6.38. The molecule has 0 spiro atoms. The maximum Gasteiger partial charge on any atom is 0.251 e. The van der Waals surface area contributed by atoms with Crippen LogP contribution in [0.5, 0.6) is 0 Å². The van der Waals surface area contributed by atoms with Crippen LogP contribution in [0, 0.1) is 23.2 Å². The van der Waals surface area contributed by atoms with E-state index in [0.29, 0.717) is 40.5 Å². The van der Waals surface area contributed by atoms with Crippen LogP contribution in [0.4, 0.5) is 11.4 Å². The lowest BCUT2D eigenvalue weighted by atomic mass is 9.67. The van der Waals surface area contributed by atoms with Gasteiger partial charge in [-0.2, -0.15) is 0 Å². The third-order valence-corrected chi connectivity index (χ3v) is 7.68. The lowest BCUT2D eigenvalue weighted by Crippen LogP contribution is -2.36. The smallest absolute Gasteiger partial charge is 0.251 e. The average molecular weight is 416 g/mol. The van der Waals surface area contributed by atoms with Gasteiger partial charge in [-0.05, 0) is 83.9 Å². The summed E-state index contributed by atoms with van der Waals surface area (Å²) >= 11 is 0. The highest BCUT2D eigenvalue weighted by atomic mass is 16.1. The van der Waals surface area contributed by atoms with Gasteiger partial charge in [0.15, 0.2) is 0 Å². The van der Waals surface area contributed by atoms with E-state index in [9.17, 15) is 4.79 Å². The minimum atomic E-state index is -0.0795. The molecular weight excluding hydrogens is 386 g/mol. The number of rotatable bonds is 4. The second kappa shape index (κ2) is 7.15. The third-order valence-electron chi connectivity index (χ3n) is 7.68. The van der Waals surface area contributed by atoms with Crippen LogP contribution in [0.2, 0.25) is 0 Å². The number of hydrogen-bond donors (Lipinski definition) is 5. The van der Waals surface area contributed by atoms with E-state index in [1.165, 1.54) is 24.8 Å². The molecule has 3 aliphatic rings. The summed E-state index contributed by atoms with van der Waals surface area (Å²) in [6.45, 7) is 3.92. The van der Waals surface area contributed by atoms with E-state index >= 15 is 0 Å². The lowest BCUT2D eigenvalue weighted by Gasteiger charge is -2.44. The first-order valence-corrected chi connectivity index (χ1v) is 11.0. The van der Waals surface area contributed by atoms with E-state index in [1.807, 2.05) is 12.1 Å². The number of hydrogen-bond acceptors (Lipinski definition) is 4. The van der Waals surface area contributed by atoms with Gasteiger partial charge in [0.1, 0.15) is 5.84 Å². The summed E-state index contributed by atoms with van der Waals surface area (Å²) in [5.74, 6) is 2.07. The van der Waals surface area contributed by atoms with Crippen molar-refractivity contribution in [1.82, 2.24) is 5.32 Å². The van der Waals surface area contributed by atoms with Gasteiger partial charge in [0, 0.05) is 29.5 Å². The largest absolute Gasteiger partial charge is 0.398 e. The van der Waals surface area contributed by atoms with Crippen molar-refractivity contribution >= 4 is 29.2 Å². The van der Waals surface area contributed by atoms with Crippen LogP contribution in [0.25, 0.3) is 6.08 Å². The lowest BCUT2D eigenvalue weighted by molar-refractivity contribution is 0.0962. The van der Waals surface area contributed by atoms with Crippen LogP contribution >= 0.6 is 0 Å². The summed E-state index contributed by atoms with van der Waals surface area (Å²) in [5, 5.41) is 14.4. The summed E-state index contributed by atoms with van der Waals surface area (Å²) < 4.78 is 0. The Morgan fingerprint density at radius 2 is 2.00 bits per heavy atom. The van der Waals surface area contributed by atoms with E-state index in [2.05, 4.69) is 35.4 Å². The SMILES string of the molecule is C=Cc1cc2c(cc1C(=O)NC)C1C3CCC(C3)C1C(c1ccc(N)c(C(=N)N)c1)N2. The number of carbonyl (C=O) groups is 1. The van der Waals surface area contributed by atoms with Crippen LogP contribution < -0.4 is 22.1 Å². The Morgan fingerprint density at radius 3 is 2.71 bits per heavy atom. The van der Waals surface area contributed by atoms with Gasteiger partial charge in [0.05, 0.1) is 6.04 Å². The number of nitrogens with one attached hydrogen (secondary N) is 3. The maximum atomic E-state index is 12.5. The van der Waals surface area contributed by atoms with Gasteiger partial charge in [-0.1, -0.05) is 18.7 Å². The molecule has 5 rings (SSSR count). The Labute approximate surface area is 182 Å². The highest BCUT2D eigenvalue weighted by molar-refractivity contribution is 6.00. The molecule has 2 bridgehead atoms.